The summed E-state index contributed by atoms with van der Waals surface area (Å²) in [5.74, 6) is -0.524. The van der Waals surface area contributed by atoms with Gasteiger partial charge < -0.3 is 19.1 Å². The number of carbonyl (C=O) groups excluding carboxylic acids is 1. The van der Waals surface area contributed by atoms with E-state index in [2.05, 4.69) is 5.32 Å². The SMILES string of the molecule is Cc1c(CC(=O)NCCCN(C)C)c(=O)oc2cc3occ(-c4ccc(F)cc4)c3cc12. The third-order valence-electron chi connectivity index (χ3n) is 5.58. The normalized spacial score (nSPS) is 11.5. The Morgan fingerprint density at radius 3 is 2.56 bits per heavy atom. The van der Waals surface area contributed by atoms with E-state index in [0.717, 1.165) is 34.9 Å². The van der Waals surface area contributed by atoms with Crippen molar-refractivity contribution in [3.8, 4) is 11.1 Å². The first kappa shape index (κ1) is 21.8. The zero-order valence-corrected chi connectivity index (χ0v) is 18.3. The molecule has 166 valence electrons. The lowest BCUT2D eigenvalue weighted by Crippen LogP contribution is -2.30. The van der Waals surface area contributed by atoms with E-state index in [1.807, 2.05) is 32.0 Å². The second-order valence-electron chi connectivity index (χ2n) is 8.18. The standard InChI is InChI=1S/C25H25FN2O4/c1-15-18-11-20-21(16-5-7-17(26)8-6-16)14-31-22(20)13-23(18)32-25(30)19(15)12-24(29)27-9-4-10-28(2)3/h5-8,11,13-14H,4,9-10,12H2,1-3H3,(H,27,29). The molecule has 6 nitrogen and oxygen atoms in total. The highest BCUT2D eigenvalue weighted by Crippen LogP contribution is 2.34. The first-order valence-electron chi connectivity index (χ1n) is 10.5. The van der Waals surface area contributed by atoms with Crippen LogP contribution < -0.4 is 10.9 Å². The van der Waals surface area contributed by atoms with Crippen LogP contribution in [0, 0.1) is 12.7 Å². The number of halogens is 1. The first-order valence-corrected chi connectivity index (χ1v) is 10.5. The molecule has 1 amide bonds. The summed E-state index contributed by atoms with van der Waals surface area (Å²) in [4.78, 5) is 27.0. The van der Waals surface area contributed by atoms with Gasteiger partial charge in [0.05, 0.1) is 18.2 Å². The van der Waals surface area contributed by atoms with Gasteiger partial charge in [-0.05, 0) is 63.3 Å². The van der Waals surface area contributed by atoms with Gasteiger partial charge in [0, 0.05) is 28.9 Å². The Balaban J connectivity index is 1.67. The van der Waals surface area contributed by atoms with Crippen LogP contribution in [-0.2, 0) is 11.2 Å². The third kappa shape index (κ3) is 4.43. The molecule has 32 heavy (non-hydrogen) atoms. The summed E-state index contributed by atoms with van der Waals surface area (Å²) in [6.07, 6.45) is 2.39. The lowest BCUT2D eigenvalue weighted by molar-refractivity contribution is -0.120. The zero-order chi connectivity index (χ0) is 22.8. The number of benzene rings is 2. The maximum absolute atomic E-state index is 13.3. The molecule has 4 aromatic rings. The highest BCUT2D eigenvalue weighted by atomic mass is 19.1. The van der Waals surface area contributed by atoms with E-state index in [-0.39, 0.29) is 18.1 Å². The van der Waals surface area contributed by atoms with E-state index in [4.69, 9.17) is 8.83 Å². The van der Waals surface area contributed by atoms with Gasteiger partial charge in [-0.1, -0.05) is 12.1 Å². The van der Waals surface area contributed by atoms with Crippen molar-refractivity contribution in [2.24, 2.45) is 0 Å². The van der Waals surface area contributed by atoms with Crippen molar-refractivity contribution in [2.45, 2.75) is 19.8 Å². The monoisotopic (exact) mass is 436 g/mol. The van der Waals surface area contributed by atoms with Gasteiger partial charge >= 0.3 is 5.63 Å². The van der Waals surface area contributed by atoms with Crippen LogP contribution in [0.1, 0.15) is 17.5 Å². The molecule has 0 bridgehead atoms. The quantitative estimate of drug-likeness (QED) is 0.346. The summed E-state index contributed by atoms with van der Waals surface area (Å²) in [6, 6.07) is 9.74. The molecule has 0 unspecified atom stereocenters. The van der Waals surface area contributed by atoms with Crippen LogP contribution in [0.25, 0.3) is 33.1 Å². The van der Waals surface area contributed by atoms with Gasteiger partial charge in [-0.2, -0.15) is 0 Å². The van der Waals surface area contributed by atoms with Crippen molar-refractivity contribution in [3.63, 3.8) is 0 Å². The Morgan fingerprint density at radius 2 is 1.84 bits per heavy atom. The van der Waals surface area contributed by atoms with Gasteiger partial charge in [-0.3, -0.25) is 4.79 Å². The highest BCUT2D eigenvalue weighted by Gasteiger charge is 2.17. The highest BCUT2D eigenvalue weighted by molar-refractivity contribution is 6.02. The van der Waals surface area contributed by atoms with Crippen molar-refractivity contribution in [2.75, 3.05) is 27.2 Å². The van der Waals surface area contributed by atoms with E-state index in [1.54, 1.807) is 24.5 Å². The molecule has 4 rings (SSSR count). The summed E-state index contributed by atoms with van der Waals surface area (Å²) < 4.78 is 24.5. The zero-order valence-electron chi connectivity index (χ0n) is 18.3. The van der Waals surface area contributed by atoms with Gasteiger partial charge in [0.1, 0.15) is 17.0 Å². The Labute approximate surface area is 184 Å². The minimum atomic E-state index is -0.525. The average molecular weight is 436 g/mol. The Bertz CT molecular complexity index is 1340. The summed E-state index contributed by atoms with van der Waals surface area (Å²) in [6.45, 7) is 3.23. The topological polar surface area (TPSA) is 75.7 Å². The lowest BCUT2D eigenvalue weighted by atomic mass is 9.99. The van der Waals surface area contributed by atoms with Crippen LogP contribution >= 0.6 is 0 Å². The Kier molecular flexibility index (Phi) is 6.10. The fraction of sp³-hybridized carbons (Fsp3) is 0.280. The first-order chi connectivity index (χ1) is 15.3. The summed E-state index contributed by atoms with van der Waals surface area (Å²) in [5.41, 5.74) is 3.11. The number of furan rings is 1. The Hall–Kier alpha value is -3.45. The number of hydrogen-bond donors (Lipinski definition) is 1. The predicted molar refractivity (Wildman–Crippen MR) is 122 cm³/mol. The molecular weight excluding hydrogens is 411 g/mol. The molecular formula is C25H25FN2O4. The second kappa shape index (κ2) is 8.96. The van der Waals surface area contributed by atoms with Crippen LogP contribution in [0.4, 0.5) is 4.39 Å². The van der Waals surface area contributed by atoms with Gasteiger partial charge in [-0.15, -0.1) is 0 Å². The molecule has 7 heteroatoms. The van der Waals surface area contributed by atoms with E-state index in [9.17, 15) is 14.0 Å². The van der Waals surface area contributed by atoms with Gasteiger partial charge in [0.25, 0.3) is 0 Å². The van der Waals surface area contributed by atoms with Crippen LogP contribution in [-0.4, -0.2) is 38.0 Å². The van der Waals surface area contributed by atoms with E-state index < -0.39 is 5.63 Å². The van der Waals surface area contributed by atoms with E-state index in [0.29, 0.717) is 28.8 Å². The number of nitrogens with one attached hydrogen (secondary N) is 1. The van der Waals surface area contributed by atoms with Crippen molar-refractivity contribution in [1.29, 1.82) is 0 Å². The maximum atomic E-state index is 13.3. The molecule has 0 saturated heterocycles. The molecule has 2 aromatic carbocycles. The average Bonchev–Trinajstić information content (AvgIpc) is 3.16. The summed E-state index contributed by atoms with van der Waals surface area (Å²) >= 11 is 0. The minimum absolute atomic E-state index is 0.0414. The summed E-state index contributed by atoms with van der Waals surface area (Å²) in [5, 5.41) is 4.41. The lowest BCUT2D eigenvalue weighted by Gasteiger charge is -2.11. The van der Waals surface area contributed by atoms with E-state index in [1.165, 1.54) is 12.1 Å². The fourth-order valence-electron chi connectivity index (χ4n) is 3.81. The molecule has 2 aromatic heterocycles. The molecule has 0 fully saturated rings. The molecule has 0 aliphatic rings. The molecule has 1 N–H and O–H groups in total. The minimum Gasteiger partial charge on any atom is -0.464 e. The van der Waals surface area contributed by atoms with Crippen LogP contribution in [0.15, 0.2) is 56.3 Å². The number of aryl methyl sites for hydroxylation is 1. The molecule has 0 spiro atoms. The van der Waals surface area contributed by atoms with Crippen LogP contribution in [0.3, 0.4) is 0 Å². The molecule has 0 atom stereocenters. The number of rotatable bonds is 7. The summed E-state index contributed by atoms with van der Waals surface area (Å²) in [7, 11) is 3.95. The number of amides is 1. The molecule has 0 saturated carbocycles. The van der Waals surface area contributed by atoms with Crippen molar-refractivity contribution >= 4 is 27.8 Å². The molecule has 0 aliphatic carbocycles. The molecule has 0 aliphatic heterocycles. The smallest absolute Gasteiger partial charge is 0.340 e. The number of fused-ring (bicyclic) bond motifs is 2. The van der Waals surface area contributed by atoms with Crippen LogP contribution in [0.5, 0.6) is 0 Å². The largest absolute Gasteiger partial charge is 0.464 e. The van der Waals surface area contributed by atoms with Crippen molar-refractivity contribution in [3.05, 3.63) is 70.0 Å². The van der Waals surface area contributed by atoms with Gasteiger partial charge in [0.2, 0.25) is 5.91 Å². The Morgan fingerprint density at radius 1 is 1.09 bits per heavy atom. The van der Waals surface area contributed by atoms with Crippen molar-refractivity contribution < 1.29 is 18.0 Å². The third-order valence-corrected chi connectivity index (χ3v) is 5.58. The van der Waals surface area contributed by atoms with Gasteiger partial charge in [0.15, 0.2) is 0 Å². The maximum Gasteiger partial charge on any atom is 0.340 e. The predicted octanol–water partition coefficient (Wildman–Crippen LogP) is 4.26. The molecule has 2 heterocycles. The number of hydrogen-bond acceptors (Lipinski definition) is 5. The fourth-order valence-corrected chi connectivity index (χ4v) is 3.81. The molecule has 0 radical (unpaired) electrons. The number of carbonyl (C=O) groups is 1. The van der Waals surface area contributed by atoms with Gasteiger partial charge in [-0.25, -0.2) is 9.18 Å². The second-order valence-corrected chi connectivity index (χ2v) is 8.18. The van der Waals surface area contributed by atoms with Crippen molar-refractivity contribution in [1.82, 2.24) is 10.2 Å². The van der Waals surface area contributed by atoms with Crippen LogP contribution in [0.2, 0.25) is 0 Å². The van der Waals surface area contributed by atoms with E-state index >= 15 is 0 Å². The number of nitrogens with zero attached hydrogens (tertiary/aromatic N) is 1.